The number of nitro benzene ring substituents is 1. The van der Waals surface area contributed by atoms with Gasteiger partial charge in [-0.25, -0.2) is 0 Å². The Morgan fingerprint density at radius 3 is 2.60 bits per heavy atom. The summed E-state index contributed by atoms with van der Waals surface area (Å²) < 4.78 is 0. The summed E-state index contributed by atoms with van der Waals surface area (Å²) in [6, 6.07) is 4.70. The van der Waals surface area contributed by atoms with Crippen molar-refractivity contribution in [3.8, 4) is 0 Å². The summed E-state index contributed by atoms with van der Waals surface area (Å²) in [6.07, 6.45) is 0. The van der Waals surface area contributed by atoms with Gasteiger partial charge in [0.1, 0.15) is 5.56 Å². The van der Waals surface area contributed by atoms with Gasteiger partial charge < -0.3 is 10.2 Å². The highest BCUT2D eigenvalue weighted by molar-refractivity contribution is 5.98. The molecule has 2 atom stereocenters. The molecule has 1 aromatic rings. The number of amides is 1. The first kappa shape index (κ1) is 13.1. The summed E-state index contributed by atoms with van der Waals surface area (Å²) in [6.45, 7) is 5.10. The maximum Gasteiger partial charge on any atom is 0.282 e. The summed E-state index contributed by atoms with van der Waals surface area (Å²) in [5, 5.41) is 14.4. The Bertz CT molecular complexity index is 561. The van der Waals surface area contributed by atoms with Gasteiger partial charge in [0.2, 0.25) is 0 Å². The predicted molar refractivity (Wildman–Crippen MR) is 73.6 cm³/mol. The first-order valence-electron chi connectivity index (χ1n) is 6.81. The second-order valence-corrected chi connectivity index (χ2v) is 5.67. The van der Waals surface area contributed by atoms with Crippen molar-refractivity contribution >= 4 is 11.6 Å². The lowest BCUT2D eigenvalue weighted by atomic mass is 10.0. The molecule has 2 aliphatic rings. The molecule has 2 saturated heterocycles. The van der Waals surface area contributed by atoms with Gasteiger partial charge in [-0.15, -0.1) is 0 Å². The summed E-state index contributed by atoms with van der Waals surface area (Å²) in [4.78, 5) is 24.9. The highest BCUT2D eigenvalue weighted by Crippen LogP contribution is 2.29. The minimum Gasteiger partial charge on any atom is -0.338 e. The van der Waals surface area contributed by atoms with Gasteiger partial charge in [-0.05, 0) is 30.4 Å². The van der Waals surface area contributed by atoms with Crippen molar-refractivity contribution in [2.24, 2.45) is 11.8 Å². The Morgan fingerprint density at radius 1 is 1.35 bits per heavy atom. The zero-order chi connectivity index (χ0) is 14.3. The second kappa shape index (κ2) is 4.86. The number of hydrogen-bond acceptors (Lipinski definition) is 4. The van der Waals surface area contributed by atoms with Crippen LogP contribution in [0.1, 0.15) is 15.9 Å². The quantitative estimate of drug-likeness (QED) is 0.650. The van der Waals surface area contributed by atoms with E-state index >= 15 is 0 Å². The molecule has 1 N–H and O–H groups in total. The lowest BCUT2D eigenvalue weighted by molar-refractivity contribution is -0.385. The largest absolute Gasteiger partial charge is 0.338 e. The molecule has 0 aliphatic carbocycles. The fourth-order valence-corrected chi connectivity index (χ4v) is 3.17. The van der Waals surface area contributed by atoms with Crippen LogP contribution in [0.3, 0.4) is 0 Å². The van der Waals surface area contributed by atoms with E-state index in [4.69, 9.17) is 0 Å². The zero-order valence-electron chi connectivity index (χ0n) is 11.3. The Morgan fingerprint density at radius 2 is 2.00 bits per heavy atom. The minimum atomic E-state index is -0.481. The molecule has 0 aromatic heterocycles. The summed E-state index contributed by atoms with van der Waals surface area (Å²) in [7, 11) is 0. The van der Waals surface area contributed by atoms with Crippen molar-refractivity contribution < 1.29 is 9.72 Å². The first-order valence-corrected chi connectivity index (χ1v) is 6.81. The lowest BCUT2D eigenvalue weighted by Gasteiger charge is -2.17. The van der Waals surface area contributed by atoms with Crippen molar-refractivity contribution in [2.45, 2.75) is 6.92 Å². The molecule has 0 saturated carbocycles. The summed E-state index contributed by atoms with van der Waals surface area (Å²) >= 11 is 0. The molecule has 2 aliphatic heterocycles. The fraction of sp³-hybridized carbons (Fsp3) is 0.500. The molecule has 0 radical (unpaired) electrons. The van der Waals surface area contributed by atoms with Crippen molar-refractivity contribution in [1.29, 1.82) is 0 Å². The minimum absolute atomic E-state index is 0.101. The normalized spacial score (nSPS) is 24.8. The van der Waals surface area contributed by atoms with E-state index in [-0.39, 0.29) is 17.2 Å². The van der Waals surface area contributed by atoms with Gasteiger partial charge in [0.05, 0.1) is 4.92 Å². The van der Waals surface area contributed by atoms with Crippen molar-refractivity contribution in [3.63, 3.8) is 0 Å². The molecule has 2 fully saturated rings. The van der Waals surface area contributed by atoms with Crippen LogP contribution in [0.4, 0.5) is 5.69 Å². The predicted octanol–water partition coefficient (Wildman–Crippen LogP) is 1.19. The SMILES string of the molecule is Cc1ccc([N+](=O)[O-])c(C(=O)N2CC3CNCC3C2)c1. The van der Waals surface area contributed by atoms with Crippen LogP contribution in [0, 0.1) is 28.9 Å². The van der Waals surface area contributed by atoms with Crippen LogP contribution in [0.2, 0.25) is 0 Å². The van der Waals surface area contributed by atoms with Crippen LogP contribution >= 0.6 is 0 Å². The van der Waals surface area contributed by atoms with Gasteiger partial charge >= 0.3 is 0 Å². The fourth-order valence-electron chi connectivity index (χ4n) is 3.17. The average Bonchev–Trinajstić information content (AvgIpc) is 2.97. The van der Waals surface area contributed by atoms with Crippen LogP contribution in [0.15, 0.2) is 18.2 Å². The first-order chi connectivity index (χ1) is 9.56. The number of carbonyl (C=O) groups excluding carboxylic acids is 1. The molecule has 0 spiro atoms. The smallest absolute Gasteiger partial charge is 0.282 e. The number of nitrogens with zero attached hydrogens (tertiary/aromatic N) is 2. The molecule has 106 valence electrons. The molecular weight excluding hydrogens is 258 g/mol. The number of nitrogens with one attached hydrogen (secondary N) is 1. The van der Waals surface area contributed by atoms with Gasteiger partial charge in [0.25, 0.3) is 11.6 Å². The van der Waals surface area contributed by atoms with E-state index in [2.05, 4.69) is 5.32 Å². The van der Waals surface area contributed by atoms with Crippen molar-refractivity contribution in [2.75, 3.05) is 26.2 Å². The van der Waals surface area contributed by atoms with Gasteiger partial charge in [-0.1, -0.05) is 6.07 Å². The lowest BCUT2D eigenvalue weighted by Crippen LogP contribution is -2.32. The van der Waals surface area contributed by atoms with Crippen LogP contribution in [0.25, 0.3) is 0 Å². The Kier molecular flexibility index (Phi) is 3.17. The van der Waals surface area contributed by atoms with E-state index in [1.165, 1.54) is 6.07 Å². The molecule has 20 heavy (non-hydrogen) atoms. The molecule has 3 rings (SSSR count). The van der Waals surface area contributed by atoms with E-state index in [1.807, 2.05) is 6.92 Å². The topological polar surface area (TPSA) is 75.5 Å². The maximum atomic E-state index is 12.6. The molecule has 6 nitrogen and oxygen atoms in total. The molecule has 1 aromatic carbocycles. The number of rotatable bonds is 2. The molecule has 0 bridgehead atoms. The number of nitro groups is 1. The van der Waals surface area contributed by atoms with Crippen LogP contribution < -0.4 is 5.32 Å². The molecular formula is C14H17N3O3. The highest BCUT2D eigenvalue weighted by atomic mass is 16.6. The number of carbonyl (C=O) groups is 1. The third-order valence-corrected chi connectivity index (χ3v) is 4.26. The van der Waals surface area contributed by atoms with Gasteiger partial charge in [0, 0.05) is 32.2 Å². The van der Waals surface area contributed by atoms with Crippen LogP contribution in [-0.2, 0) is 0 Å². The second-order valence-electron chi connectivity index (χ2n) is 5.67. The summed E-state index contributed by atoms with van der Waals surface area (Å²) in [5.41, 5.74) is 0.971. The van der Waals surface area contributed by atoms with Crippen LogP contribution in [0.5, 0.6) is 0 Å². The monoisotopic (exact) mass is 275 g/mol. The zero-order valence-corrected chi connectivity index (χ0v) is 11.3. The number of aryl methyl sites for hydroxylation is 1. The average molecular weight is 275 g/mol. The molecule has 2 unspecified atom stereocenters. The third kappa shape index (κ3) is 2.16. The molecule has 2 heterocycles. The van der Waals surface area contributed by atoms with Gasteiger partial charge in [-0.2, -0.15) is 0 Å². The Labute approximate surface area is 116 Å². The van der Waals surface area contributed by atoms with E-state index < -0.39 is 4.92 Å². The number of fused-ring (bicyclic) bond motifs is 1. The van der Waals surface area contributed by atoms with E-state index in [0.717, 1.165) is 18.7 Å². The molecule has 1 amide bonds. The highest BCUT2D eigenvalue weighted by Gasteiger charge is 2.39. The van der Waals surface area contributed by atoms with E-state index in [1.54, 1.807) is 17.0 Å². The Hall–Kier alpha value is -1.95. The third-order valence-electron chi connectivity index (χ3n) is 4.26. The van der Waals surface area contributed by atoms with Crippen molar-refractivity contribution in [3.05, 3.63) is 39.4 Å². The van der Waals surface area contributed by atoms with Crippen molar-refractivity contribution in [1.82, 2.24) is 10.2 Å². The number of likely N-dealkylation sites (tertiary alicyclic amines) is 1. The summed E-state index contributed by atoms with van der Waals surface area (Å²) in [5.74, 6) is 0.764. The van der Waals surface area contributed by atoms with Gasteiger partial charge in [0.15, 0.2) is 0 Å². The van der Waals surface area contributed by atoms with Gasteiger partial charge in [-0.3, -0.25) is 14.9 Å². The number of benzene rings is 1. The van der Waals surface area contributed by atoms with Crippen LogP contribution in [-0.4, -0.2) is 41.9 Å². The standard InChI is InChI=1S/C14H17N3O3/c1-9-2-3-13(17(19)20)12(4-9)14(18)16-7-10-5-15-6-11(10)8-16/h2-4,10-11,15H,5-8H2,1H3. The van der Waals surface area contributed by atoms with E-state index in [0.29, 0.717) is 24.9 Å². The molecule has 6 heteroatoms. The number of hydrogen-bond donors (Lipinski definition) is 1. The Balaban J connectivity index is 1.87. The maximum absolute atomic E-state index is 12.6. The van der Waals surface area contributed by atoms with E-state index in [9.17, 15) is 14.9 Å².